The van der Waals surface area contributed by atoms with Crippen molar-refractivity contribution in [1.82, 2.24) is 14.9 Å². The monoisotopic (exact) mass is 384 g/mol. The average Bonchev–Trinajstić information content (AvgIpc) is 2.96. The van der Waals surface area contributed by atoms with Crippen molar-refractivity contribution < 1.29 is 17.9 Å². The Morgan fingerprint density at radius 2 is 2.04 bits per heavy atom. The SMILES string of the molecule is CN=C(NCCN1CCCS1(=O)=O)NCC(C)Oc1ccccc1OC. The van der Waals surface area contributed by atoms with Gasteiger partial charge in [0.25, 0.3) is 0 Å². The van der Waals surface area contributed by atoms with E-state index in [9.17, 15) is 8.42 Å². The first-order valence-electron chi connectivity index (χ1n) is 8.68. The molecule has 8 nitrogen and oxygen atoms in total. The minimum absolute atomic E-state index is 0.108. The zero-order valence-electron chi connectivity index (χ0n) is 15.6. The highest BCUT2D eigenvalue weighted by atomic mass is 32.2. The topological polar surface area (TPSA) is 92.3 Å². The third-order valence-corrected chi connectivity index (χ3v) is 5.99. The van der Waals surface area contributed by atoms with E-state index < -0.39 is 10.0 Å². The zero-order chi connectivity index (χ0) is 19.0. The molecule has 0 saturated carbocycles. The van der Waals surface area contributed by atoms with Crippen LogP contribution in [0.4, 0.5) is 0 Å². The van der Waals surface area contributed by atoms with Crippen molar-refractivity contribution in [2.75, 3.05) is 46.1 Å². The molecule has 1 saturated heterocycles. The molecule has 146 valence electrons. The predicted molar refractivity (Wildman–Crippen MR) is 102 cm³/mol. The van der Waals surface area contributed by atoms with Crippen LogP contribution >= 0.6 is 0 Å². The minimum Gasteiger partial charge on any atom is -0.493 e. The van der Waals surface area contributed by atoms with Gasteiger partial charge in [0.15, 0.2) is 17.5 Å². The Hall–Kier alpha value is -2.00. The van der Waals surface area contributed by atoms with Gasteiger partial charge >= 0.3 is 0 Å². The van der Waals surface area contributed by atoms with E-state index >= 15 is 0 Å². The molecule has 1 aliphatic rings. The van der Waals surface area contributed by atoms with Crippen molar-refractivity contribution in [2.24, 2.45) is 4.99 Å². The number of sulfonamides is 1. The lowest BCUT2D eigenvalue weighted by Gasteiger charge is -2.20. The second-order valence-corrected chi connectivity index (χ2v) is 8.12. The van der Waals surface area contributed by atoms with E-state index in [0.717, 1.165) is 0 Å². The summed E-state index contributed by atoms with van der Waals surface area (Å²) in [6, 6.07) is 7.49. The molecular weight excluding hydrogens is 356 g/mol. The minimum atomic E-state index is -3.06. The highest BCUT2D eigenvalue weighted by Gasteiger charge is 2.27. The number of guanidine groups is 1. The van der Waals surface area contributed by atoms with E-state index in [0.29, 0.717) is 50.1 Å². The summed E-state index contributed by atoms with van der Waals surface area (Å²) >= 11 is 0. The number of hydrogen-bond acceptors (Lipinski definition) is 5. The van der Waals surface area contributed by atoms with Crippen molar-refractivity contribution >= 4 is 16.0 Å². The van der Waals surface area contributed by atoms with E-state index in [1.807, 2.05) is 31.2 Å². The second kappa shape index (κ2) is 9.63. The number of methoxy groups -OCH3 is 1. The summed E-state index contributed by atoms with van der Waals surface area (Å²) in [6.07, 6.45) is 0.594. The molecule has 1 atom stereocenters. The fourth-order valence-electron chi connectivity index (χ4n) is 2.68. The van der Waals surface area contributed by atoms with Crippen LogP contribution in [0.15, 0.2) is 29.3 Å². The van der Waals surface area contributed by atoms with Crippen molar-refractivity contribution in [3.63, 3.8) is 0 Å². The lowest BCUT2D eigenvalue weighted by atomic mass is 10.3. The zero-order valence-corrected chi connectivity index (χ0v) is 16.4. The molecule has 9 heteroatoms. The Morgan fingerprint density at radius 3 is 2.65 bits per heavy atom. The van der Waals surface area contributed by atoms with Crippen LogP contribution in [0, 0.1) is 0 Å². The third kappa shape index (κ3) is 5.77. The number of ether oxygens (including phenoxy) is 2. The molecule has 1 aromatic carbocycles. The second-order valence-electron chi connectivity index (χ2n) is 6.03. The molecule has 0 spiro atoms. The lowest BCUT2D eigenvalue weighted by Crippen LogP contribution is -2.44. The smallest absolute Gasteiger partial charge is 0.214 e. The Bertz CT molecular complexity index is 708. The van der Waals surface area contributed by atoms with Gasteiger partial charge in [-0.2, -0.15) is 0 Å². The molecule has 2 N–H and O–H groups in total. The van der Waals surface area contributed by atoms with Gasteiger partial charge in [0.05, 0.1) is 19.4 Å². The maximum absolute atomic E-state index is 11.8. The fourth-order valence-corrected chi connectivity index (χ4v) is 4.21. The van der Waals surface area contributed by atoms with Crippen molar-refractivity contribution in [3.05, 3.63) is 24.3 Å². The molecule has 1 aliphatic heterocycles. The maximum atomic E-state index is 11.8. The number of hydrogen-bond donors (Lipinski definition) is 2. The Morgan fingerprint density at radius 1 is 1.31 bits per heavy atom. The lowest BCUT2D eigenvalue weighted by molar-refractivity contribution is 0.213. The van der Waals surface area contributed by atoms with Crippen LogP contribution < -0.4 is 20.1 Å². The number of para-hydroxylation sites is 2. The first-order valence-corrected chi connectivity index (χ1v) is 10.3. The van der Waals surface area contributed by atoms with Crippen LogP contribution in [0.1, 0.15) is 13.3 Å². The first-order chi connectivity index (χ1) is 12.5. The quantitative estimate of drug-likeness (QED) is 0.505. The van der Waals surface area contributed by atoms with Gasteiger partial charge in [0, 0.05) is 26.7 Å². The van der Waals surface area contributed by atoms with E-state index in [-0.39, 0.29) is 11.9 Å². The van der Waals surface area contributed by atoms with Gasteiger partial charge in [0.2, 0.25) is 10.0 Å². The molecule has 0 aromatic heterocycles. The molecular formula is C17H28N4O4S. The average molecular weight is 385 g/mol. The molecule has 26 heavy (non-hydrogen) atoms. The molecule has 1 aromatic rings. The van der Waals surface area contributed by atoms with Gasteiger partial charge in [0.1, 0.15) is 6.10 Å². The van der Waals surface area contributed by atoms with Gasteiger partial charge < -0.3 is 20.1 Å². The van der Waals surface area contributed by atoms with Gasteiger partial charge in [-0.15, -0.1) is 0 Å². The first kappa shape index (κ1) is 20.3. The molecule has 2 rings (SSSR count). The molecule has 1 unspecified atom stereocenters. The number of rotatable bonds is 8. The van der Waals surface area contributed by atoms with Crippen molar-refractivity contribution in [1.29, 1.82) is 0 Å². The summed E-state index contributed by atoms with van der Waals surface area (Å²) in [5.74, 6) is 2.23. The summed E-state index contributed by atoms with van der Waals surface area (Å²) < 4.78 is 36.2. The molecule has 1 fully saturated rings. The van der Waals surface area contributed by atoms with E-state index in [1.165, 1.54) is 4.31 Å². The van der Waals surface area contributed by atoms with E-state index in [1.54, 1.807) is 14.2 Å². The van der Waals surface area contributed by atoms with Gasteiger partial charge in [-0.3, -0.25) is 4.99 Å². The van der Waals surface area contributed by atoms with Crippen LogP contribution in [-0.4, -0.2) is 70.9 Å². The molecule has 0 aliphatic carbocycles. The largest absolute Gasteiger partial charge is 0.493 e. The summed E-state index contributed by atoms with van der Waals surface area (Å²) in [5, 5.41) is 6.31. The summed E-state index contributed by atoms with van der Waals surface area (Å²) in [5.41, 5.74) is 0. The van der Waals surface area contributed by atoms with Crippen molar-refractivity contribution in [3.8, 4) is 11.5 Å². The molecule has 1 heterocycles. The summed E-state index contributed by atoms with van der Waals surface area (Å²) in [7, 11) is 0.225. The normalized spacial score (nSPS) is 18.3. The number of aliphatic imine (C=N–C) groups is 1. The molecule has 0 bridgehead atoms. The van der Waals surface area contributed by atoms with Gasteiger partial charge in [-0.1, -0.05) is 12.1 Å². The standard InChI is InChI=1S/C17H28N4O4S/c1-14(25-16-8-5-4-7-15(16)24-3)13-20-17(18-2)19-9-11-21-10-6-12-26(21,22)23/h4-5,7-8,14H,6,9-13H2,1-3H3,(H2,18,19,20). The highest BCUT2D eigenvalue weighted by Crippen LogP contribution is 2.26. The highest BCUT2D eigenvalue weighted by molar-refractivity contribution is 7.89. The fraction of sp³-hybridized carbons (Fsp3) is 0.588. The summed E-state index contributed by atoms with van der Waals surface area (Å²) in [4.78, 5) is 4.15. The predicted octanol–water partition coefficient (Wildman–Crippen LogP) is 0.663. The summed E-state index contributed by atoms with van der Waals surface area (Å²) in [6.45, 7) is 4.03. The van der Waals surface area contributed by atoms with Crippen LogP contribution in [0.2, 0.25) is 0 Å². The Kier molecular flexibility index (Phi) is 7.52. The van der Waals surface area contributed by atoms with Crippen LogP contribution in [0.5, 0.6) is 11.5 Å². The van der Waals surface area contributed by atoms with E-state index in [2.05, 4.69) is 15.6 Å². The number of nitrogens with one attached hydrogen (secondary N) is 2. The third-order valence-electron chi connectivity index (χ3n) is 4.03. The van der Waals surface area contributed by atoms with E-state index in [4.69, 9.17) is 9.47 Å². The Labute approximate surface area is 155 Å². The Balaban J connectivity index is 1.74. The maximum Gasteiger partial charge on any atom is 0.214 e. The van der Waals surface area contributed by atoms with Crippen molar-refractivity contribution in [2.45, 2.75) is 19.4 Å². The molecule has 0 radical (unpaired) electrons. The number of nitrogens with zero attached hydrogens (tertiary/aromatic N) is 2. The van der Waals surface area contributed by atoms with Gasteiger partial charge in [-0.05, 0) is 25.5 Å². The molecule has 0 amide bonds. The van der Waals surface area contributed by atoms with Crippen LogP contribution in [0.3, 0.4) is 0 Å². The number of benzene rings is 1. The van der Waals surface area contributed by atoms with Crippen LogP contribution in [0.25, 0.3) is 0 Å². The van der Waals surface area contributed by atoms with Gasteiger partial charge in [-0.25, -0.2) is 12.7 Å². The van der Waals surface area contributed by atoms with Crippen LogP contribution in [-0.2, 0) is 10.0 Å².